The summed E-state index contributed by atoms with van der Waals surface area (Å²) in [6, 6.07) is 38.5. The van der Waals surface area contributed by atoms with Crippen molar-refractivity contribution in [1.82, 2.24) is 0 Å². The van der Waals surface area contributed by atoms with Crippen LogP contribution in [0.5, 0.6) is 0 Å². The molecule has 2 unspecified atom stereocenters. The molecule has 1 heteroatoms. The van der Waals surface area contributed by atoms with Gasteiger partial charge in [0.15, 0.2) is 0 Å². The molecule has 31 heavy (non-hydrogen) atoms. The molecule has 4 aromatic carbocycles. The van der Waals surface area contributed by atoms with Crippen molar-refractivity contribution < 1.29 is 19.2 Å². The zero-order valence-electron chi connectivity index (χ0n) is 17.4. The summed E-state index contributed by atoms with van der Waals surface area (Å²) in [7, 11) is 0. The van der Waals surface area contributed by atoms with Crippen molar-refractivity contribution in [3.63, 3.8) is 0 Å². The number of allylic oxidation sites excluding steroid dienone is 2. The van der Waals surface area contributed by atoms with Crippen LogP contribution in [0.1, 0.15) is 30.7 Å². The average Bonchev–Trinajstić information content (AvgIpc) is 3.46. The van der Waals surface area contributed by atoms with E-state index < -0.39 is 0 Å². The Morgan fingerprint density at radius 1 is 0.419 bits per heavy atom. The Balaban J connectivity index is 0.000000147. The quantitative estimate of drug-likeness (QED) is 0.288. The van der Waals surface area contributed by atoms with Crippen LogP contribution in [-0.2, 0) is 19.2 Å². The molecule has 6 rings (SSSR count). The summed E-state index contributed by atoms with van der Waals surface area (Å²) >= 11 is -0.0859. The zero-order chi connectivity index (χ0) is 20.9. The summed E-state index contributed by atoms with van der Waals surface area (Å²) in [6.07, 6.45) is 9.43. The molecule has 0 fully saturated rings. The largest absolute Gasteiger partial charge is 0.0622 e. The van der Waals surface area contributed by atoms with Gasteiger partial charge in [-0.05, 0) is 11.1 Å². The Bertz CT molecular complexity index is 1110. The number of fused-ring (bicyclic) bond motifs is 2. The molecule has 148 valence electrons. The number of rotatable bonds is 3. The van der Waals surface area contributed by atoms with Gasteiger partial charge in [-0.1, -0.05) is 60.7 Å². The fraction of sp³-hybridized carbons (Fsp3) is 0.0667. The maximum atomic E-state index is 2.42. The molecular formula is C30H24Ti. The zero-order valence-corrected chi connectivity index (χ0v) is 18.9. The van der Waals surface area contributed by atoms with E-state index >= 15 is 0 Å². The first-order valence-electron chi connectivity index (χ1n) is 10.8. The molecule has 0 bridgehead atoms. The Morgan fingerprint density at radius 2 is 0.806 bits per heavy atom. The minimum Gasteiger partial charge on any atom is -0.0622 e. The van der Waals surface area contributed by atoms with Crippen molar-refractivity contribution in [3.05, 3.63) is 144 Å². The summed E-state index contributed by atoms with van der Waals surface area (Å²) in [5, 5.41) is 0. The van der Waals surface area contributed by atoms with Gasteiger partial charge < -0.3 is 0 Å². The van der Waals surface area contributed by atoms with Crippen molar-refractivity contribution in [1.29, 1.82) is 0 Å². The first kappa shape index (κ1) is 20.0. The van der Waals surface area contributed by atoms with Gasteiger partial charge in [0.25, 0.3) is 0 Å². The minimum absolute atomic E-state index is 0.0859. The topological polar surface area (TPSA) is 0 Å². The Morgan fingerprint density at radius 3 is 1.26 bits per heavy atom. The van der Waals surface area contributed by atoms with E-state index in [9.17, 15) is 0 Å². The second kappa shape index (κ2) is 9.48. The third-order valence-corrected chi connectivity index (χ3v) is 8.53. The van der Waals surface area contributed by atoms with Gasteiger partial charge in [-0.2, -0.15) is 0 Å². The fourth-order valence-corrected chi connectivity index (χ4v) is 6.88. The molecule has 4 aromatic rings. The van der Waals surface area contributed by atoms with Gasteiger partial charge in [0.1, 0.15) is 0 Å². The molecule has 0 saturated carbocycles. The molecule has 0 heterocycles. The molecule has 2 atom stereocenters. The predicted octanol–water partition coefficient (Wildman–Crippen LogP) is 7.96. The molecule has 0 saturated heterocycles. The van der Waals surface area contributed by atoms with E-state index in [2.05, 4.69) is 121 Å². The van der Waals surface area contributed by atoms with Gasteiger partial charge in [-0.25, -0.2) is 0 Å². The fourth-order valence-electron chi connectivity index (χ4n) is 4.24. The van der Waals surface area contributed by atoms with Crippen molar-refractivity contribution >= 4 is 12.2 Å². The van der Waals surface area contributed by atoms with Crippen LogP contribution in [0.3, 0.4) is 0 Å². The minimum atomic E-state index is -0.0859. The first-order chi connectivity index (χ1) is 15.4. The average molecular weight is 432 g/mol. The predicted molar refractivity (Wildman–Crippen MR) is 128 cm³/mol. The Hall–Kier alpha value is -2.93. The van der Waals surface area contributed by atoms with E-state index in [1.165, 1.54) is 22.3 Å². The van der Waals surface area contributed by atoms with Crippen LogP contribution in [0.25, 0.3) is 23.3 Å². The second-order valence-electron chi connectivity index (χ2n) is 7.83. The van der Waals surface area contributed by atoms with Crippen molar-refractivity contribution in [2.24, 2.45) is 0 Å². The Kier molecular flexibility index (Phi) is 6.11. The van der Waals surface area contributed by atoms with Crippen LogP contribution in [0.15, 0.2) is 121 Å². The molecule has 0 radical (unpaired) electrons. The Labute approximate surface area is 193 Å². The third kappa shape index (κ3) is 4.56. The maximum Gasteiger partial charge on any atom is -0.0184 e. The van der Waals surface area contributed by atoms with Crippen LogP contribution in [0, 0.1) is 0 Å². The summed E-state index contributed by atoms with van der Waals surface area (Å²) in [5.41, 5.74) is 8.48. The van der Waals surface area contributed by atoms with Crippen molar-refractivity contribution in [2.45, 2.75) is 8.45 Å². The van der Waals surface area contributed by atoms with Crippen LogP contribution in [0.4, 0.5) is 0 Å². The van der Waals surface area contributed by atoms with Gasteiger partial charge in [-0.3, -0.25) is 0 Å². The molecular weight excluding hydrogens is 408 g/mol. The smallest absolute Gasteiger partial charge is 0.0184 e. The molecule has 2 aliphatic rings. The van der Waals surface area contributed by atoms with Crippen LogP contribution in [0.2, 0.25) is 0 Å². The second-order valence-corrected chi connectivity index (χ2v) is 10.3. The standard InChI is InChI=1S/C12H10.2C9H7.Ti/c1-3-7-11(8-4-1)12-9-5-2-6-10-12;2*1-2-5-9-7-3-6-8(9)4-1;/h1-10H;2*1-7H;. The van der Waals surface area contributed by atoms with Crippen LogP contribution >= 0.6 is 0 Å². The van der Waals surface area contributed by atoms with E-state index in [1.807, 2.05) is 12.1 Å². The van der Waals surface area contributed by atoms with Gasteiger partial charge in [0.05, 0.1) is 0 Å². The van der Waals surface area contributed by atoms with Crippen molar-refractivity contribution in [2.75, 3.05) is 0 Å². The number of hydrogen-bond donors (Lipinski definition) is 0. The first-order valence-corrected chi connectivity index (χ1v) is 12.6. The normalized spacial score (nSPS) is 17.4. The van der Waals surface area contributed by atoms with E-state index in [1.54, 1.807) is 11.1 Å². The van der Waals surface area contributed by atoms with Crippen molar-refractivity contribution in [3.8, 4) is 11.1 Å². The monoisotopic (exact) mass is 432 g/mol. The summed E-state index contributed by atoms with van der Waals surface area (Å²) in [5.74, 6) is 0. The molecule has 0 nitrogen and oxygen atoms in total. The van der Waals surface area contributed by atoms with E-state index in [0.717, 1.165) is 0 Å². The van der Waals surface area contributed by atoms with Gasteiger partial charge in [0, 0.05) is 0 Å². The van der Waals surface area contributed by atoms with Gasteiger partial charge in [-0.15, -0.1) is 0 Å². The molecule has 2 aliphatic carbocycles. The van der Waals surface area contributed by atoms with Crippen LogP contribution in [-0.4, -0.2) is 0 Å². The maximum absolute atomic E-state index is 2.42. The summed E-state index contributed by atoms with van der Waals surface area (Å²) in [4.78, 5) is 0. The van der Waals surface area contributed by atoms with E-state index in [-0.39, 0.29) is 19.2 Å². The molecule has 0 aromatic heterocycles. The van der Waals surface area contributed by atoms with E-state index in [0.29, 0.717) is 8.45 Å². The van der Waals surface area contributed by atoms with Crippen LogP contribution < -0.4 is 0 Å². The number of hydrogen-bond acceptors (Lipinski definition) is 0. The third-order valence-electron chi connectivity index (χ3n) is 5.84. The molecule has 0 aliphatic heterocycles. The SMILES string of the molecule is C1=C[CH]([Ti][CH]2C=Cc3ccccc32)c2ccccc21.c1ccc(-c2ccccc2)cc1. The summed E-state index contributed by atoms with van der Waals surface area (Å²) in [6.45, 7) is 0. The van der Waals surface area contributed by atoms with Gasteiger partial charge >= 0.3 is 123 Å². The number of benzene rings is 4. The summed E-state index contributed by atoms with van der Waals surface area (Å²) < 4.78 is 1.38. The van der Waals surface area contributed by atoms with Gasteiger partial charge in [0.2, 0.25) is 0 Å². The molecule has 0 amide bonds. The van der Waals surface area contributed by atoms with E-state index in [4.69, 9.17) is 0 Å². The molecule has 0 spiro atoms. The molecule has 0 N–H and O–H groups in total.